The smallest absolute Gasteiger partial charge is 0.264 e. The Hall–Kier alpha value is -1.66. The summed E-state index contributed by atoms with van der Waals surface area (Å²) in [6.07, 6.45) is 5.12. The number of thiophene rings is 1. The van der Waals surface area contributed by atoms with E-state index in [0.717, 1.165) is 29.2 Å². The first-order valence-corrected chi connectivity index (χ1v) is 8.56. The van der Waals surface area contributed by atoms with Gasteiger partial charge in [-0.1, -0.05) is 0 Å². The fraction of sp³-hybridized carbons (Fsp3) is 0.500. The molecule has 0 radical (unpaired) electrons. The highest BCUT2D eigenvalue weighted by molar-refractivity contribution is 7.14. The Morgan fingerprint density at radius 1 is 1.50 bits per heavy atom. The zero-order valence-corrected chi connectivity index (χ0v) is 13.4. The van der Waals surface area contributed by atoms with E-state index in [1.165, 1.54) is 16.9 Å². The van der Waals surface area contributed by atoms with Crippen molar-refractivity contribution >= 4 is 17.2 Å². The summed E-state index contributed by atoms with van der Waals surface area (Å²) in [6, 6.07) is 2.09. The molecule has 2 aliphatic rings. The summed E-state index contributed by atoms with van der Waals surface area (Å²) in [7, 11) is 0. The Morgan fingerprint density at radius 3 is 3.18 bits per heavy atom. The maximum absolute atomic E-state index is 12.7. The van der Waals surface area contributed by atoms with E-state index in [0.29, 0.717) is 19.7 Å². The Kier molecular flexibility index (Phi) is 3.50. The summed E-state index contributed by atoms with van der Waals surface area (Å²) >= 11 is 1.67. The minimum absolute atomic E-state index is 0.135. The van der Waals surface area contributed by atoms with Crippen LogP contribution in [0.1, 0.15) is 44.2 Å². The van der Waals surface area contributed by atoms with E-state index < -0.39 is 0 Å². The van der Waals surface area contributed by atoms with Gasteiger partial charge in [-0.05, 0) is 37.8 Å². The summed E-state index contributed by atoms with van der Waals surface area (Å²) in [6.45, 7) is 3.74. The normalized spacial score (nSPS) is 21.1. The molecule has 1 aliphatic carbocycles. The van der Waals surface area contributed by atoms with Gasteiger partial charge in [-0.2, -0.15) is 0 Å². The SMILES string of the molecule is Cc1cnc([C@@H]2CN(C(=O)c3cc4c(s3)CCC4)CCO2)[nH]1. The van der Waals surface area contributed by atoms with Crippen LogP contribution in [-0.4, -0.2) is 40.5 Å². The topological polar surface area (TPSA) is 58.2 Å². The quantitative estimate of drug-likeness (QED) is 0.926. The number of fused-ring (bicyclic) bond motifs is 1. The number of morpholine rings is 1. The van der Waals surface area contributed by atoms with E-state index in [9.17, 15) is 4.79 Å². The first-order valence-electron chi connectivity index (χ1n) is 7.74. The molecule has 5 nitrogen and oxygen atoms in total. The molecule has 6 heteroatoms. The fourth-order valence-corrected chi connectivity index (χ4v) is 4.41. The molecule has 3 heterocycles. The van der Waals surface area contributed by atoms with Crippen LogP contribution >= 0.6 is 11.3 Å². The highest BCUT2D eigenvalue weighted by Crippen LogP contribution is 2.32. The minimum atomic E-state index is -0.154. The molecular formula is C16H19N3O2S. The van der Waals surface area contributed by atoms with Crippen LogP contribution in [0.4, 0.5) is 0 Å². The maximum atomic E-state index is 12.7. The van der Waals surface area contributed by atoms with Gasteiger partial charge in [-0.15, -0.1) is 11.3 Å². The number of rotatable bonds is 2. The average Bonchev–Trinajstić information content (AvgIpc) is 3.21. The van der Waals surface area contributed by atoms with Gasteiger partial charge >= 0.3 is 0 Å². The highest BCUT2D eigenvalue weighted by atomic mass is 32.1. The average molecular weight is 317 g/mol. The van der Waals surface area contributed by atoms with Gasteiger partial charge in [0, 0.05) is 23.3 Å². The molecule has 2 aromatic rings. The molecule has 0 bridgehead atoms. The van der Waals surface area contributed by atoms with Crippen LogP contribution in [0, 0.1) is 6.92 Å². The molecule has 0 spiro atoms. The fourth-order valence-electron chi connectivity index (χ4n) is 3.19. The molecule has 1 atom stereocenters. The van der Waals surface area contributed by atoms with Crippen LogP contribution in [0.2, 0.25) is 0 Å². The zero-order valence-electron chi connectivity index (χ0n) is 12.6. The van der Waals surface area contributed by atoms with Crippen LogP contribution in [0.15, 0.2) is 12.3 Å². The van der Waals surface area contributed by atoms with Crippen LogP contribution in [0.5, 0.6) is 0 Å². The molecule has 1 fully saturated rings. The van der Waals surface area contributed by atoms with Crippen molar-refractivity contribution < 1.29 is 9.53 Å². The number of H-pyrrole nitrogens is 1. The van der Waals surface area contributed by atoms with Crippen molar-refractivity contribution in [2.24, 2.45) is 0 Å². The number of nitrogens with one attached hydrogen (secondary N) is 1. The van der Waals surface area contributed by atoms with Gasteiger partial charge in [0.05, 0.1) is 18.0 Å². The second kappa shape index (κ2) is 5.52. The molecule has 0 saturated carbocycles. The van der Waals surface area contributed by atoms with Crippen molar-refractivity contribution in [2.45, 2.75) is 32.3 Å². The van der Waals surface area contributed by atoms with Crippen LogP contribution in [0.3, 0.4) is 0 Å². The lowest BCUT2D eigenvalue weighted by Gasteiger charge is -2.31. The number of aryl methyl sites for hydroxylation is 3. The number of amides is 1. The second-order valence-electron chi connectivity index (χ2n) is 5.97. The lowest BCUT2D eigenvalue weighted by Crippen LogP contribution is -2.42. The van der Waals surface area contributed by atoms with Crippen molar-refractivity contribution in [3.8, 4) is 0 Å². The second-order valence-corrected chi connectivity index (χ2v) is 7.11. The summed E-state index contributed by atoms with van der Waals surface area (Å²) in [5, 5.41) is 0. The molecule has 22 heavy (non-hydrogen) atoms. The standard InChI is InChI=1S/C16H19N3O2S/c1-10-8-17-15(18-10)12-9-19(5-6-21-12)16(20)14-7-11-3-2-4-13(11)22-14/h7-8,12H,2-6,9H2,1H3,(H,17,18)/t12-/m0/s1. The first-order chi connectivity index (χ1) is 10.7. The number of nitrogens with zero attached hydrogens (tertiary/aromatic N) is 2. The van der Waals surface area contributed by atoms with Crippen molar-refractivity contribution in [1.82, 2.24) is 14.9 Å². The molecule has 0 unspecified atom stereocenters. The van der Waals surface area contributed by atoms with Gasteiger partial charge in [0.25, 0.3) is 5.91 Å². The van der Waals surface area contributed by atoms with E-state index in [-0.39, 0.29) is 12.0 Å². The van der Waals surface area contributed by atoms with E-state index in [4.69, 9.17) is 4.74 Å². The Balaban J connectivity index is 1.50. The number of carbonyl (C=O) groups excluding carboxylic acids is 1. The molecule has 1 amide bonds. The summed E-state index contributed by atoms with van der Waals surface area (Å²) in [4.78, 5) is 24.4. The van der Waals surface area contributed by atoms with E-state index in [1.54, 1.807) is 17.5 Å². The van der Waals surface area contributed by atoms with Crippen LogP contribution < -0.4 is 0 Å². The van der Waals surface area contributed by atoms with Crippen LogP contribution in [0.25, 0.3) is 0 Å². The van der Waals surface area contributed by atoms with Gasteiger partial charge in [0.2, 0.25) is 0 Å². The van der Waals surface area contributed by atoms with E-state index in [2.05, 4.69) is 16.0 Å². The number of hydrogen-bond donors (Lipinski definition) is 1. The summed E-state index contributed by atoms with van der Waals surface area (Å²) in [5.41, 5.74) is 2.39. The third-order valence-corrected chi connectivity index (χ3v) is 5.56. The van der Waals surface area contributed by atoms with Gasteiger partial charge in [0.1, 0.15) is 11.9 Å². The summed E-state index contributed by atoms with van der Waals surface area (Å²) < 4.78 is 5.77. The lowest BCUT2D eigenvalue weighted by atomic mass is 10.2. The third kappa shape index (κ3) is 2.46. The zero-order chi connectivity index (χ0) is 15.1. The molecular weight excluding hydrogens is 298 g/mol. The van der Waals surface area contributed by atoms with Crippen molar-refractivity contribution in [1.29, 1.82) is 0 Å². The van der Waals surface area contributed by atoms with E-state index >= 15 is 0 Å². The Bertz CT molecular complexity index is 685. The van der Waals surface area contributed by atoms with Gasteiger partial charge in [-0.3, -0.25) is 4.79 Å². The maximum Gasteiger partial charge on any atom is 0.264 e. The largest absolute Gasteiger partial charge is 0.367 e. The monoisotopic (exact) mass is 317 g/mol. The number of ether oxygens (including phenoxy) is 1. The molecule has 1 N–H and O–H groups in total. The predicted molar refractivity (Wildman–Crippen MR) is 84.3 cm³/mol. The van der Waals surface area contributed by atoms with Gasteiger partial charge in [-0.25, -0.2) is 4.98 Å². The van der Waals surface area contributed by atoms with Gasteiger partial charge in [0.15, 0.2) is 0 Å². The number of hydrogen-bond acceptors (Lipinski definition) is 4. The third-order valence-electron chi connectivity index (χ3n) is 4.34. The number of aromatic amines is 1. The van der Waals surface area contributed by atoms with Crippen molar-refractivity contribution in [3.63, 3.8) is 0 Å². The van der Waals surface area contributed by atoms with E-state index in [1.807, 2.05) is 11.8 Å². The number of imidazole rings is 1. The molecule has 1 aliphatic heterocycles. The van der Waals surface area contributed by atoms with Gasteiger partial charge < -0.3 is 14.6 Å². The Morgan fingerprint density at radius 2 is 2.41 bits per heavy atom. The van der Waals surface area contributed by atoms with Crippen molar-refractivity contribution in [2.75, 3.05) is 19.7 Å². The molecule has 2 aromatic heterocycles. The predicted octanol–water partition coefficient (Wildman–Crippen LogP) is 2.48. The molecule has 116 valence electrons. The minimum Gasteiger partial charge on any atom is -0.367 e. The lowest BCUT2D eigenvalue weighted by molar-refractivity contribution is -0.0263. The summed E-state index contributed by atoms with van der Waals surface area (Å²) in [5.74, 6) is 0.944. The number of aromatic nitrogens is 2. The molecule has 4 rings (SSSR count). The number of carbonyl (C=O) groups is 1. The molecule has 0 aromatic carbocycles. The van der Waals surface area contributed by atoms with Crippen LogP contribution in [-0.2, 0) is 17.6 Å². The highest BCUT2D eigenvalue weighted by Gasteiger charge is 2.29. The molecule has 1 saturated heterocycles. The Labute approximate surface area is 133 Å². The first kappa shape index (κ1) is 14.0. The van der Waals surface area contributed by atoms with Crippen molar-refractivity contribution in [3.05, 3.63) is 39.1 Å².